The van der Waals surface area contributed by atoms with Crippen molar-refractivity contribution >= 4 is 11.7 Å². The van der Waals surface area contributed by atoms with Gasteiger partial charge in [-0.1, -0.05) is 25.0 Å². The van der Waals surface area contributed by atoms with Crippen LogP contribution in [0.5, 0.6) is 0 Å². The van der Waals surface area contributed by atoms with Gasteiger partial charge in [-0.25, -0.2) is 0 Å². The monoisotopic (exact) mass is 247 g/mol. The highest BCUT2D eigenvalue weighted by atomic mass is 16.4. The summed E-state index contributed by atoms with van der Waals surface area (Å²) in [6.07, 6.45) is 6.27. The number of carboxylic acids is 1. The molecule has 1 aromatic carbocycles. The van der Waals surface area contributed by atoms with Crippen LogP contribution in [0.3, 0.4) is 0 Å². The molecule has 0 heterocycles. The van der Waals surface area contributed by atoms with Crippen molar-refractivity contribution in [2.45, 2.75) is 38.5 Å². The van der Waals surface area contributed by atoms with E-state index in [1.165, 1.54) is 25.7 Å². The van der Waals surface area contributed by atoms with E-state index in [1.54, 1.807) is 0 Å². The molecule has 1 saturated carbocycles. The van der Waals surface area contributed by atoms with Crippen LogP contribution in [0.2, 0.25) is 0 Å². The van der Waals surface area contributed by atoms with Crippen LogP contribution in [-0.4, -0.2) is 17.6 Å². The molecule has 3 heteroatoms. The van der Waals surface area contributed by atoms with Crippen molar-refractivity contribution in [1.29, 1.82) is 0 Å². The summed E-state index contributed by atoms with van der Waals surface area (Å²) < 4.78 is 0. The van der Waals surface area contributed by atoms with Crippen LogP contribution in [0.15, 0.2) is 24.3 Å². The number of aryl methyl sites for hydroxylation is 1. The first kappa shape index (κ1) is 12.9. The lowest BCUT2D eigenvalue weighted by molar-refractivity contribution is -0.136. The van der Waals surface area contributed by atoms with Gasteiger partial charge in [-0.2, -0.15) is 0 Å². The summed E-state index contributed by atoms with van der Waals surface area (Å²) in [4.78, 5) is 10.5. The van der Waals surface area contributed by atoms with E-state index < -0.39 is 5.97 Å². The maximum absolute atomic E-state index is 10.5. The molecule has 0 aliphatic heterocycles. The van der Waals surface area contributed by atoms with E-state index in [1.807, 2.05) is 24.3 Å². The van der Waals surface area contributed by atoms with Crippen molar-refractivity contribution in [3.05, 3.63) is 29.8 Å². The predicted octanol–water partition coefficient (Wildman–Crippen LogP) is 3.31. The van der Waals surface area contributed by atoms with Crippen LogP contribution in [0.1, 0.15) is 37.7 Å². The Balaban J connectivity index is 1.77. The van der Waals surface area contributed by atoms with Crippen LogP contribution in [0.4, 0.5) is 5.69 Å². The lowest BCUT2D eigenvalue weighted by Crippen LogP contribution is -2.10. The van der Waals surface area contributed by atoms with Gasteiger partial charge in [0.15, 0.2) is 0 Å². The summed E-state index contributed by atoms with van der Waals surface area (Å²) in [6, 6.07) is 8.12. The number of benzene rings is 1. The normalized spacial score (nSPS) is 15.8. The fraction of sp³-hybridized carbons (Fsp3) is 0.533. The van der Waals surface area contributed by atoms with Gasteiger partial charge in [0.25, 0.3) is 0 Å². The van der Waals surface area contributed by atoms with Crippen molar-refractivity contribution in [3.8, 4) is 0 Å². The lowest BCUT2D eigenvalue weighted by Gasteiger charge is -2.12. The second-order valence-electron chi connectivity index (χ2n) is 5.12. The van der Waals surface area contributed by atoms with Crippen molar-refractivity contribution in [2.75, 3.05) is 11.9 Å². The minimum Gasteiger partial charge on any atom is -0.481 e. The molecule has 2 rings (SSSR count). The zero-order valence-corrected chi connectivity index (χ0v) is 10.7. The highest BCUT2D eigenvalue weighted by Gasteiger charge is 2.14. The SMILES string of the molecule is O=C(O)CCc1ccc(NCC2CCCC2)cc1. The van der Waals surface area contributed by atoms with E-state index in [2.05, 4.69) is 5.32 Å². The van der Waals surface area contributed by atoms with Gasteiger partial charge in [0.1, 0.15) is 0 Å². The van der Waals surface area contributed by atoms with Crippen molar-refractivity contribution in [3.63, 3.8) is 0 Å². The summed E-state index contributed by atoms with van der Waals surface area (Å²) in [5.74, 6) is 0.0927. The Labute approximate surface area is 108 Å². The smallest absolute Gasteiger partial charge is 0.303 e. The number of nitrogens with one attached hydrogen (secondary N) is 1. The molecule has 0 amide bonds. The predicted molar refractivity (Wildman–Crippen MR) is 72.8 cm³/mol. The second-order valence-corrected chi connectivity index (χ2v) is 5.12. The van der Waals surface area contributed by atoms with Gasteiger partial charge < -0.3 is 10.4 Å². The van der Waals surface area contributed by atoms with Crippen molar-refractivity contribution in [2.24, 2.45) is 5.92 Å². The second kappa shape index (κ2) is 6.43. The zero-order valence-electron chi connectivity index (χ0n) is 10.7. The highest BCUT2D eigenvalue weighted by molar-refractivity contribution is 5.67. The number of carboxylic acid groups (broad SMARTS) is 1. The van der Waals surface area contributed by atoms with Gasteiger partial charge in [-0.05, 0) is 42.9 Å². The maximum atomic E-state index is 10.5. The van der Waals surface area contributed by atoms with E-state index in [0.717, 1.165) is 23.7 Å². The molecule has 0 spiro atoms. The first-order valence-electron chi connectivity index (χ1n) is 6.78. The molecular formula is C15H21NO2. The van der Waals surface area contributed by atoms with Gasteiger partial charge in [0, 0.05) is 18.7 Å². The summed E-state index contributed by atoms with van der Waals surface area (Å²) in [6.45, 7) is 1.06. The summed E-state index contributed by atoms with van der Waals surface area (Å²) >= 11 is 0. The largest absolute Gasteiger partial charge is 0.481 e. The molecule has 2 N–H and O–H groups in total. The van der Waals surface area contributed by atoms with E-state index in [0.29, 0.717) is 6.42 Å². The maximum Gasteiger partial charge on any atom is 0.303 e. The molecule has 0 bridgehead atoms. The molecule has 1 aliphatic carbocycles. The number of rotatable bonds is 6. The number of carbonyl (C=O) groups is 1. The Kier molecular flexibility index (Phi) is 4.62. The quantitative estimate of drug-likeness (QED) is 0.810. The number of hydrogen-bond donors (Lipinski definition) is 2. The van der Waals surface area contributed by atoms with Crippen LogP contribution in [-0.2, 0) is 11.2 Å². The van der Waals surface area contributed by atoms with Gasteiger partial charge >= 0.3 is 5.97 Å². The summed E-state index contributed by atoms with van der Waals surface area (Å²) in [5, 5.41) is 12.1. The van der Waals surface area contributed by atoms with Crippen LogP contribution in [0, 0.1) is 5.92 Å². The van der Waals surface area contributed by atoms with Crippen molar-refractivity contribution < 1.29 is 9.90 Å². The van der Waals surface area contributed by atoms with Crippen molar-refractivity contribution in [1.82, 2.24) is 0 Å². The third-order valence-electron chi connectivity index (χ3n) is 3.65. The number of anilines is 1. The highest BCUT2D eigenvalue weighted by Crippen LogP contribution is 2.25. The third-order valence-corrected chi connectivity index (χ3v) is 3.65. The van der Waals surface area contributed by atoms with Crippen LogP contribution < -0.4 is 5.32 Å². The molecule has 0 aromatic heterocycles. The van der Waals surface area contributed by atoms with E-state index >= 15 is 0 Å². The lowest BCUT2D eigenvalue weighted by atomic mass is 10.1. The Hall–Kier alpha value is -1.51. The summed E-state index contributed by atoms with van der Waals surface area (Å²) in [7, 11) is 0. The molecule has 0 radical (unpaired) electrons. The molecule has 0 saturated heterocycles. The van der Waals surface area contributed by atoms with Crippen LogP contribution >= 0.6 is 0 Å². The standard InChI is InChI=1S/C15H21NO2/c17-15(18)10-7-12-5-8-14(9-6-12)16-11-13-3-1-2-4-13/h5-6,8-9,13,16H,1-4,7,10-11H2,(H,17,18). The Morgan fingerprint density at radius 1 is 1.22 bits per heavy atom. The van der Waals surface area contributed by atoms with Gasteiger partial charge in [-0.15, -0.1) is 0 Å². The van der Waals surface area contributed by atoms with Gasteiger partial charge in [0.05, 0.1) is 0 Å². The molecule has 3 nitrogen and oxygen atoms in total. The summed E-state index contributed by atoms with van der Waals surface area (Å²) in [5.41, 5.74) is 2.23. The van der Waals surface area contributed by atoms with E-state index in [-0.39, 0.29) is 6.42 Å². The fourth-order valence-corrected chi connectivity index (χ4v) is 2.52. The van der Waals surface area contributed by atoms with Gasteiger partial charge in [-0.3, -0.25) is 4.79 Å². The Morgan fingerprint density at radius 2 is 1.89 bits per heavy atom. The molecule has 98 valence electrons. The molecule has 0 unspecified atom stereocenters. The number of aliphatic carboxylic acids is 1. The van der Waals surface area contributed by atoms with E-state index in [4.69, 9.17) is 5.11 Å². The van der Waals surface area contributed by atoms with Crippen LogP contribution in [0.25, 0.3) is 0 Å². The molecule has 1 fully saturated rings. The third kappa shape index (κ3) is 4.06. The Bertz CT molecular complexity index is 380. The van der Waals surface area contributed by atoms with E-state index in [9.17, 15) is 4.79 Å². The molecule has 1 aliphatic rings. The Morgan fingerprint density at radius 3 is 2.50 bits per heavy atom. The molecular weight excluding hydrogens is 226 g/mol. The topological polar surface area (TPSA) is 49.3 Å². The zero-order chi connectivity index (χ0) is 12.8. The average Bonchev–Trinajstić information content (AvgIpc) is 2.88. The molecule has 0 atom stereocenters. The molecule has 18 heavy (non-hydrogen) atoms. The first-order chi connectivity index (χ1) is 8.74. The number of hydrogen-bond acceptors (Lipinski definition) is 2. The molecule has 1 aromatic rings. The minimum atomic E-state index is -0.738. The van der Waals surface area contributed by atoms with Gasteiger partial charge in [0.2, 0.25) is 0 Å². The fourth-order valence-electron chi connectivity index (χ4n) is 2.52. The minimum absolute atomic E-state index is 0.203. The average molecular weight is 247 g/mol. The first-order valence-corrected chi connectivity index (χ1v) is 6.78.